The summed E-state index contributed by atoms with van der Waals surface area (Å²) in [7, 11) is -3.48. The molecule has 5 heterocycles. The third-order valence-electron chi connectivity index (χ3n) is 11.7. The van der Waals surface area contributed by atoms with E-state index in [-0.39, 0.29) is 48.5 Å². The number of benzene rings is 2. The first-order chi connectivity index (χ1) is 29.8. The fourth-order valence-electron chi connectivity index (χ4n) is 8.34. The van der Waals surface area contributed by atoms with E-state index in [0.717, 1.165) is 62.2 Å². The minimum Gasteiger partial charge on any atom is -0.489 e. The number of aryl methyl sites for hydroxylation is 1. The highest BCUT2D eigenvalue weighted by atomic mass is 79.9. The van der Waals surface area contributed by atoms with E-state index in [1.807, 2.05) is 19.1 Å². The van der Waals surface area contributed by atoms with Gasteiger partial charge in [0.2, 0.25) is 27.8 Å². The molecule has 4 aliphatic rings. The monoisotopic (exact) mass is 937 g/mol. The van der Waals surface area contributed by atoms with Crippen molar-refractivity contribution in [3.63, 3.8) is 0 Å². The van der Waals surface area contributed by atoms with E-state index < -0.39 is 45.6 Å². The maximum absolute atomic E-state index is 13.4. The number of aromatic nitrogens is 2. The molecule has 18 nitrogen and oxygen atoms in total. The van der Waals surface area contributed by atoms with Crippen LogP contribution in [0.5, 0.6) is 5.75 Å². The molecule has 3 aromatic rings. The third-order valence-corrected chi connectivity index (χ3v) is 14.1. The number of hydrogen-bond acceptors (Lipinski definition) is 14. The van der Waals surface area contributed by atoms with Gasteiger partial charge in [-0.15, -0.1) is 0 Å². The smallest absolute Gasteiger partial charge is 0.266 e. The maximum Gasteiger partial charge on any atom is 0.266 e. The number of anilines is 3. The number of primary amides is 1. The molecule has 3 saturated heterocycles. The molecule has 1 atom stereocenters. The van der Waals surface area contributed by atoms with Crippen LogP contribution in [-0.2, 0) is 24.3 Å². The second kappa shape index (κ2) is 20.0. The number of nitrogens with one attached hydrogen (secondary N) is 3. The molecule has 4 aliphatic heterocycles. The van der Waals surface area contributed by atoms with Gasteiger partial charge in [0.1, 0.15) is 23.7 Å². The Bertz CT molecular complexity index is 2300. The number of hydrogen-bond donors (Lipinski definition) is 4. The van der Waals surface area contributed by atoms with Crippen molar-refractivity contribution in [3.8, 4) is 5.75 Å². The molecule has 0 radical (unpaired) electrons. The normalized spacial score (nSPS) is 19.4. The van der Waals surface area contributed by atoms with E-state index in [4.69, 9.17) is 15.2 Å². The van der Waals surface area contributed by atoms with Gasteiger partial charge in [-0.05, 0) is 105 Å². The highest BCUT2D eigenvalue weighted by Crippen LogP contribution is 2.35. The minimum atomic E-state index is -3.48. The van der Waals surface area contributed by atoms with Gasteiger partial charge in [0.15, 0.2) is 0 Å². The van der Waals surface area contributed by atoms with E-state index in [1.54, 1.807) is 30.5 Å². The number of piperidine rings is 3. The van der Waals surface area contributed by atoms with Gasteiger partial charge in [-0.2, -0.15) is 4.98 Å². The average molecular weight is 939 g/mol. The van der Waals surface area contributed by atoms with E-state index in [1.165, 1.54) is 4.31 Å². The van der Waals surface area contributed by atoms with Crippen molar-refractivity contribution in [1.29, 1.82) is 0 Å². The van der Waals surface area contributed by atoms with E-state index in [2.05, 4.69) is 46.7 Å². The number of sulfonamides is 1. The van der Waals surface area contributed by atoms with Gasteiger partial charge in [-0.25, -0.2) is 17.7 Å². The number of fused-ring (bicyclic) bond motifs is 1. The molecule has 0 aliphatic carbocycles. The lowest BCUT2D eigenvalue weighted by atomic mass is 10.0. The molecule has 3 fully saturated rings. The summed E-state index contributed by atoms with van der Waals surface area (Å²) in [4.78, 5) is 75.0. The molecule has 0 spiro atoms. The van der Waals surface area contributed by atoms with Crippen molar-refractivity contribution in [2.24, 2.45) is 5.73 Å². The van der Waals surface area contributed by atoms with Gasteiger partial charge < -0.3 is 30.7 Å². The van der Waals surface area contributed by atoms with Gasteiger partial charge in [-0.3, -0.25) is 34.2 Å². The molecule has 332 valence electrons. The summed E-state index contributed by atoms with van der Waals surface area (Å²) in [6, 6.07) is 9.23. The lowest BCUT2D eigenvalue weighted by Gasteiger charge is -2.32. The van der Waals surface area contributed by atoms with Crippen molar-refractivity contribution in [2.75, 3.05) is 62.3 Å². The van der Waals surface area contributed by atoms with Crippen LogP contribution in [0.25, 0.3) is 0 Å². The number of rotatable bonds is 18. The first-order valence-electron chi connectivity index (χ1n) is 21.0. The SMILES string of the molecule is Cc1cccc(Nc2nc(NC3CCN(S(=O)(=O)CCOCCCCCN4CCC(Oc5cccc6c5C(=O)N(C5CCC(=O)NC5=O)C6=O)CC4)CC3)ncc2Br)c1C(N)=O. The Morgan fingerprint density at radius 2 is 1.71 bits per heavy atom. The Kier molecular flexibility index (Phi) is 14.5. The largest absolute Gasteiger partial charge is 0.489 e. The van der Waals surface area contributed by atoms with E-state index >= 15 is 0 Å². The van der Waals surface area contributed by atoms with Crippen LogP contribution in [0, 0.1) is 6.92 Å². The van der Waals surface area contributed by atoms with Gasteiger partial charge in [0.05, 0.1) is 39.2 Å². The zero-order valence-electron chi connectivity index (χ0n) is 34.6. The molecule has 0 bridgehead atoms. The highest BCUT2D eigenvalue weighted by molar-refractivity contribution is 9.10. The summed E-state index contributed by atoms with van der Waals surface area (Å²) < 4.78 is 40.3. The molecule has 2 aromatic carbocycles. The van der Waals surface area contributed by atoms with Crippen molar-refractivity contribution in [1.82, 2.24) is 29.4 Å². The number of carbonyl (C=O) groups excluding carboxylic acids is 5. The first kappa shape index (κ1) is 45.0. The first-order valence-corrected chi connectivity index (χ1v) is 23.4. The average Bonchev–Trinajstić information content (AvgIpc) is 3.49. The molecular formula is C42H52BrN9O9S. The summed E-state index contributed by atoms with van der Waals surface area (Å²) in [5, 5.41) is 8.71. The fourth-order valence-corrected chi connectivity index (χ4v) is 9.98. The Morgan fingerprint density at radius 1 is 0.952 bits per heavy atom. The molecule has 5 amide bonds. The summed E-state index contributed by atoms with van der Waals surface area (Å²) in [5.74, 6) is -1.66. The van der Waals surface area contributed by atoms with Crippen LogP contribution < -0.4 is 26.4 Å². The van der Waals surface area contributed by atoms with Crippen molar-refractivity contribution in [2.45, 2.75) is 82.9 Å². The summed E-state index contributed by atoms with van der Waals surface area (Å²) >= 11 is 3.46. The number of ether oxygens (including phenoxy) is 2. The molecule has 1 unspecified atom stereocenters. The van der Waals surface area contributed by atoms with E-state index in [0.29, 0.717) is 65.8 Å². The molecule has 5 N–H and O–H groups in total. The molecule has 20 heteroatoms. The number of likely N-dealkylation sites (tertiary alicyclic amines) is 1. The quantitative estimate of drug-likeness (QED) is 0.105. The van der Waals surface area contributed by atoms with Crippen molar-refractivity contribution >= 4 is 72.9 Å². The Balaban J connectivity index is 0.757. The molecule has 0 saturated carbocycles. The fraction of sp³-hybridized carbons (Fsp3) is 0.500. The number of halogens is 1. The maximum atomic E-state index is 13.4. The van der Waals surface area contributed by atoms with Crippen LogP contribution in [-0.4, -0.2) is 132 Å². The van der Waals surface area contributed by atoms with Crippen LogP contribution in [0.3, 0.4) is 0 Å². The third kappa shape index (κ3) is 10.6. The van der Waals surface area contributed by atoms with Crippen LogP contribution in [0.1, 0.15) is 94.4 Å². The number of imide groups is 2. The zero-order valence-corrected chi connectivity index (χ0v) is 37.0. The topological polar surface area (TPSA) is 236 Å². The summed E-state index contributed by atoms with van der Waals surface area (Å²) in [5.41, 5.74) is 7.63. The van der Waals surface area contributed by atoms with Gasteiger partial charge >= 0.3 is 0 Å². The van der Waals surface area contributed by atoms with Gasteiger partial charge in [0.25, 0.3) is 17.7 Å². The number of carbonyl (C=O) groups is 5. The predicted molar refractivity (Wildman–Crippen MR) is 233 cm³/mol. The number of amides is 5. The van der Waals surface area contributed by atoms with Gasteiger partial charge in [0, 0.05) is 51.4 Å². The van der Waals surface area contributed by atoms with Crippen LogP contribution in [0.2, 0.25) is 0 Å². The Labute approximate surface area is 368 Å². The molecule has 62 heavy (non-hydrogen) atoms. The predicted octanol–water partition coefficient (Wildman–Crippen LogP) is 3.73. The second-order valence-corrected chi connectivity index (χ2v) is 18.9. The lowest BCUT2D eigenvalue weighted by molar-refractivity contribution is -0.136. The van der Waals surface area contributed by atoms with Gasteiger partial charge in [-0.1, -0.05) is 18.2 Å². The van der Waals surface area contributed by atoms with Crippen LogP contribution in [0.15, 0.2) is 47.1 Å². The standard InChI is InChI=1S/C42H52BrN9O9S/c1-26-7-5-9-31(35(26)37(44)54)47-38-30(43)25-45-42(49-38)46-27-13-20-51(21-14-27)62(58,59)24-23-60-22-4-2-3-17-50-18-15-28(16-19-50)61-33-10-6-8-29-36(33)41(57)52(40(29)56)32-11-12-34(53)48-39(32)55/h5-10,25,27-28,32H,2-4,11-24H2,1H3,(H2,44,54)(H,48,53,55)(H2,45,46,47,49). The molecule has 7 rings (SSSR count). The Hall–Kier alpha value is -5.02. The molecule has 1 aromatic heterocycles. The zero-order chi connectivity index (χ0) is 44.0. The van der Waals surface area contributed by atoms with Crippen LogP contribution >= 0.6 is 15.9 Å². The van der Waals surface area contributed by atoms with E-state index in [9.17, 15) is 32.4 Å². The number of nitrogens with two attached hydrogens (primary N) is 1. The van der Waals surface area contributed by atoms with Crippen molar-refractivity contribution < 1.29 is 41.9 Å². The highest BCUT2D eigenvalue weighted by Gasteiger charge is 2.46. The van der Waals surface area contributed by atoms with Crippen molar-refractivity contribution in [3.05, 3.63) is 69.3 Å². The number of unbranched alkanes of at least 4 members (excludes halogenated alkanes) is 2. The minimum absolute atomic E-state index is 0.0247. The molecular weight excluding hydrogens is 886 g/mol. The summed E-state index contributed by atoms with van der Waals surface area (Å²) in [6.07, 6.45) is 7.04. The lowest BCUT2D eigenvalue weighted by Crippen LogP contribution is -2.54. The van der Waals surface area contributed by atoms with Crippen LogP contribution in [0.4, 0.5) is 17.5 Å². The summed E-state index contributed by atoms with van der Waals surface area (Å²) in [6.45, 7) is 5.73. The second-order valence-electron chi connectivity index (χ2n) is 16.0. The number of nitrogens with zero attached hydrogens (tertiary/aromatic N) is 5. The Morgan fingerprint density at radius 3 is 2.45 bits per heavy atom.